The number of carboxylic acid groups (broad SMARTS) is 3. The number of rotatable bonds is 19. The molecule has 1 aromatic carbocycles. The highest BCUT2D eigenvalue weighted by atomic mass is 16.4. The van der Waals surface area contributed by atoms with Gasteiger partial charge < -0.3 is 48.5 Å². The van der Waals surface area contributed by atoms with Gasteiger partial charge in [-0.15, -0.1) is 0 Å². The van der Waals surface area contributed by atoms with Gasteiger partial charge in [0.2, 0.25) is 17.7 Å². The highest BCUT2D eigenvalue weighted by Gasteiger charge is 2.31. The average Bonchev–Trinajstić information content (AvgIpc) is 2.90. The summed E-state index contributed by atoms with van der Waals surface area (Å²) in [5.74, 6) is -6.56. The molecule has 0 saturated carbocycles. The van der Waals surface area contributed by atoms with Crippen LogP contribution in [0.2, 0.25) is 0 Å². The van der Waals surface area contributed by atoms with Crippen molar-refractivity contribution in [2.75, 3.05) is 6.54 Å². The lowest BCUT2D eigenvalue weighted by atomic mass is 10.0. The van der Waals surface area contributed by atoms with Gasteiger partial charge in [0.15, 0.2) is 5.96 Å². The van der Waals surface area contributed by atoms with Crippen molar-refractivity contribution in [2.45, 2.75) is 69.1 Å². The van der Waals surface area contributed by atoms with Crippen LogP contribution < -0.4 is 33.2 Å². The molecule has 1 rings (SSSR count). The first-order valence-corrected chi connectivity index (χ1v) is 12.7. The molecular weight excluding hydrogens is 542 g/mol. The molecule has 0 spiro atoms. The van der Waals surface area contributed by atoms with Crippen LogP contribution in [0, 0.1) is 0 Å². The van der Waals surface area contributed by atoms with Crippen molar-refractivity contribution >= 4 is 41.6 Å². The standard InChI is InChI=1S/C25H37N7O9/c26-15(8-10-19(33)34)21(37)30-16(9-11-20(35)36)22(38)32-18(13-14-5-2-1-3-6-14)23(39)31-17(24(40)41)7-4-12-29-25(27)28/h1-3,5-6,15-18H,4,7-13,26H2,(H,30,37)(H,31,39)(H,32,38)(H,33,34)(H,35,36)(H,40,41)(H4,27,28,29). The Morgan fingerprint density at radius 1 is 0.732 bits per heavy atom. The van der Waals surface area contributed by atoms with E-state index in [2.05, 4.69) is 20.9 Å². The maximum absolute atomic E-state index is 13.2. The summed E-state index contributed by atoms with van der Waals surface area (Å²) in [6.07, 6.45) is -1.36. The quantitative estimate of drug-likeness (QED) is 0.0483. The van der Waals surface area contributed by atoms with Crippen molar-refractivity contribution < 1.29 is 44.1 Å². The smallest absolute Gasteiger partial charge is 0.326 e. The van der Waals surface area contributed by atoms with E-state index in [9.17, 15) is 33.9 Å². The normalized spacial score (nSPS) is 13.5. The molecule has 3 amide bonds. The molecule has 0 saturated heterocycles. The molecule has 0 aliphatic rings. The van der Waals surface area contributed by atoms with E-state index in [0.29, 0.717) is 5.56 Å². The van der Waals surface area contributed by atoms with Crippen LogP contribution in [0.5, 0.6) is 0 Å². The zero-order chi connectivity index (χ0) is 30.9. The monoisotopic (exact) mass is 579 g/mol. The second-order valence-corrected chi connectivity index (χ2v) is 9.13. The van der Waals surface area contributed by atoms with Crippen molar-refractivity contribution in [1.82, 2.24) is 16.0 Å². The summed E-state index contributed by atoms with van der Waals surface area (Å²) < 4.78 is 0. The van der Waals surface area contributed by atoms with Crippen molar-refractivity contribution in [3.8, 4) is 0 Å². The highest BCUT2D eigenvalue weighted by Crippen LogP contribution is 2.08. The summed E-state index contributed by atoms with van der Waals surface area (Å²) in [6, 6.07) is 3.13. The van der Waals surface area contributed by atoms with E-state index in [-0.39, 0.29) is 44.6 Å². The minimum atomic E-state index is -1.43. The molecule has 0 bridgehead atoms. The molecule has 16 heteroatoms. The number of guanidine groups is 1. The second kappa shape index (κ2) is 17.8. The topological polar surface area (TPSA) is 290 Å². The molecular formula is C25H37N7O9. The van der Waals surface area contributed by atoms with E-state index in [0.717, 1.165) is 0 Å². The number of aliphatic imine (C=N–C) groups is 1. The molecule has 0 radical (unpaired) electrons. The van der Waals surface area contributed by atoms with E-state index in [1.807, 2.05) is 0 Å². The predicted octanol–water partition coefficient (Wildman–Crippen LogP) is -2.12. The molecule has 226 valence electrons. The molecule has 16 nitrogen and oxygen atoms in total. The number of hydrogen-bond acceptors (Lipinski definition) is 8. The SMILES string of the molecule is NC(N)=NCCCC(NC(=O)C(Cc1ccccc1)NC(=O)C(CCC(=O)O)NC(=O)C(N)CCC(=O)O)C(=O)O. The summed E-state index contributed by atoms with van der Waals surface area (Å²) in [6.45, 7) is 0.131. The van der Waals surface area contributed by atoms with Gasteiger partial charge in [0, 0.05) is 25.8 Å². The minimum absolute atomic E-state index is 0.0185. The van der Waals surface area contributed by atoms with Crippen LogP contribution in [0.1, 0.15) is 44.1 Å². The number of nitrogens with zero attached hydrogens (tertiary/aromatic N) is 1. The van der Waals surface area contributed by atoms with Gasteiger partial charge in [-0.05, 0) is 31.2 Å². The number of carbonyl (C=O) groups excluding carboxylic acids is 3. The highest BCUT2D eigenvalue weighted by molar-refractivity contribution is 5.94. The van der Waals surface area contributed by atoms with Crippen LogP contribution in [-0.2, 0) is 35.2 Å². The number of aliphatic carboxylic acids is 3. The van der Waals surface area contributed by atoms with Crippen molar-refractivity contribution in [1.29, 1.82) is 0 Å². The van der Waals surface area contributed by atoms with Gasteiger partial charge in [-0.1, -0.05) is 30.3 Å². The predicted molar refractivity (Wildman–Crippen MR) is 145 cm³/mol. The van der Waals surface area contributed by atoms with Gasteiger partial charge in [-0.25, -0.2) is 4.79 Å². The third-order valence-corrected chi connectivity index (χ3v) is 5.76. The molecule has 0 aliphatic heterocycles. The molecule has 4 atom stereocenters. The summed E-state index contributed by atoms with van der Waals surface area (Å²) in [5.41, 5.74) is 16.8. The largest absolute Gasteiger partial charge is 0.481 e. The second-order valence-electron chi connectivity index (χ2n) is 9.13. The fraction of sp³-hybridized carbons (Fsp3) is 0.480. The number of carbonyl (C=O) groups is 6. The number of hydrogen-bond donors (Lipinski definition) is 9. The van der Waals surface area contributed by atoms with Crippen LogP contribution in [0.4, 0.5) is 0 Å². The molecule has 1 aromatic rings. The first-order valence-electron chi connectivity index (χ1n) is 12.7. The molecule has 4 unspecified atom stereocenters. The van der Waals surface area contributed by atoms with Gasteiger partial charge >= 0.3 is 17.9 Å². The number of carboxylic acids is 3. The van der Waals surface area contributed by atoms with Gasteiger partial charge in [0.1, 0.15) is 18.1 Å². The number of nitrogens with one attached hydrogen (secondary N) is 3. The molecule has 0 heterocycles. The maximum Gasteiger partial charge on any atom is 0.326 e. The Balaban J connectivity index is 3.11. The van der Waals surface area contributed by atoms with E-state index in [4.69, 9.17) is 27.4 Å². The number of benzene rings is 1. The van der Waals surface area contributed by atoms with Gasteiger partial charge in [-0.2, -0.15) is 0 Å². The lowest BCUT2D eigenvalue weighted by Gasteiger charge is -2.25. The van der Waals surface area contributed by atoms with Crippen LogP contribution in [0.25, 0.3) is 0 Å². The van der Waals surface area contributed by atoms with Gasteiger partial charge in [0.05, 0.1) is 6.04 Å². The lowest BCUT2D eigenvalue weighted by molar-refractivity contribution is -0.142. The van der Waals surface area contributed by atoms with Crippen molar-refractivity contribution in [3.05, 3.63) is 35.9 Å². The third-order valence-electron chi connectivity index (χ3n) is 5.76. The Morgan fingerprint density at radius 2 is 1.27 bits per heavy atom. The third kappa shape index (κ3) is 14.3. The molecule has 0 aliphatic carbocycles. The zero-order valence-corrected chi connectivity index (χ0v) is 22.3. The number of nitrogens with two attached hydrogens (primary N) is 3. The Kier molecular flexibility index (Phi) is 14.9. The Labute approximate surface area is 235 Å². The lowest BCUT2D eigenvalue weighted by Crippen LogP contribution is -2.57. The van der Waals surface area contributed by atoms with Crippen molar-refractivity contribution in [3.63, 3.8) is 0 Å². The molecule has 12 N–H and O–H groups in total. The summed E-state index contributed by atoms with van der Waals surface area (Å²) in [7, 11) is 0. The van der Waals surface area contributed by atoms with E-state index in [1.54, 1.807) is 30.3 Å². The van der Waals surface area contributed by atoms with Crippen LogP contribution in [0.15, 0.2) is 35.3 Å². The summed E-state index contributed by atoms with van der Waals surface area (Å²) >= 11 is 0. The zero-order valence-electron chi connectivity index (χ0n) is 22.3. The van der Waals surface area contributed by atoms with Gasteiger partial charge in [0.25, 0.3) is 0 Å². The minimum Gasteiger partial charge on any atom is -0.481 e. The first kappa shape index (κ1) is 34.3. The summed E-state index contributed by atoms with van der Waals surface area (Å²) in [5, 5.41) is 34.6. The fourth-order valence-corrected chi connectivity index (χ4v) is 3.59. The van der Waals surface area contributed by atoms with Crippen LogP contribution >= 0.6 is 0 Å². The van der Waals surface area contributed by atoms with Gasteiger partial charge in [-0.3, -0.25) is 29.0 Å². The Morgan fingerprint density at radius 3 is 1.83 bits per heavy atom. The van der Waals surface area contributed by atoms with E-state index >= 15 is 0 Å². The number of amides is 3. The molecule has 41 heavy (non-hydrogen) atoms. The maximum atomic E-state index is 13.2. The van der Waals surface area contributed by atoms with Crippen molar-refractivity contribution in [2.24, 2.45) is 22.2 Å². The van der Waals surface area contributed by atoms with Crippen LogP contribution in [0.3, 0.4) is 0 Å². The van der Waals surface area contributed by atoms with E-state index in [1.165, 1.54) is 0 Å². The average molecular weight is 580 g/mol. The first-order chi connectivity index (χ1) is 19.3. The summed E-state index contributed by atoms with van der Waals surface area (Å²) in [4.78, 5) is 76.3. The molecule has 0 aromatic heterocycles. The van der Waals surface area contributed by atoms with Crippen LogP contribution in [-0.4, -0.2) is 87.6 Å². The Hall–Kier alpha value is -4.73. The Bertz CT molecular complexity index is 1090. The van der Waals surface area contributed by atoms with E-state index < -0.39 is 72.6 Å². The fourth-order valence-electron chi connectivity index (χ4n) is 3.59. The molecule has 0 fully saturated rings.